The third-order valence-electron chi connectivity index (χ3n) is 5.39. The van der Waals surface area contributed by atoms with E-state index in [-0.39, 0.29) is 39.0 Å². The van der Waals surface area contributed by atoms with Gasteiger partial charge < -0.3 is 14.8 Å². The highest BCUT2D eigenvalue weighted by Crippen LogP contribution is 2.30. The molecule has 7 nitrogen and oxygen atoms in total. The SMILES string of the molecule is COc1cccc(F)c1CNC(=O)c1cc(Cl)ccc1NS(=O)(=O)c1ccc(Oc2ccccc2Cl)cc1. The monoisotopic (exact) mass is 574 g/mol. The number of amides is 1. The summed E-state index contributed by atoms with van der Waals surface area (Å²) in [6.45, 7) is -0.194. The lowest BCUT2D eigenvalue weighted by molar-refractivity contribution is 0.0951. The number of para-hydroxylation sites is 1. The minimum absolute atomic E-state index is 0.0104. The first-order valence-corrected chi connectivity index (χ1v) is 13.4. The molecule has 4 aromatic rings. The summed E-state index contributed by atoms with van der Waals surface area (Å²) >= 11 is 12.2. The molecule has 0 unspecified atom stereocenters. The van der Waals surface area contributed by atoms with Gasteiger partial charge in [-0.2, -0.15) is 0 Å². The number of anilines is 1. The second kappa shape index (κ2) is 11.7. The number of hydrogen-bond donors (Lipinski definition) is 2. The molecule has 4 rings (SSSR count). The van der Waals surface area contributed by atoms with E-state index in [4.69, 9.17) is 32.7 Å². The highest BCUT2D eigenvalue weighted by atomic mass is 35.5. The topological polar surface area (TPSA) is 93.7 Å². The molecule has 0 aliphatic heterocycles. The minimum Gasteiger partial charge on any atom is -0.496 e. The quantitative estimate of drug-likeness (QED) is 0.233. The van der Waals surface area contributed by atoms with Crippen molar-refractivity contribution in [2.45, 2.75) is 11.4 Å². The number of carbonyl (C=O) groups excluding carboxylic acids is 1. The van der Waals surface area contributed by atoms with E-state index >= 15 is 0 Å². The second-order valence-electron chi connectivity index (χ2n) is 7.90. The Morgan fingerprint density at radius 1 is 0.921 bits per heavy atom. The molecular weight excluding hydrogens is 554 g/mol. The van der Waals surface area contributed by atoms with Crippen molar-refractivity contribution in [3.8, 4) is 17.2 Å². The normalized spacial score (nSPS) is 11.1. The first-order valence-electron chi connectivity index (χ1n) is 11.1. The van der Waals surface area contributed by atoms with E-state index in [9.17, 15) is 17.6 Å². The fourth-order valence-electron chi connectivity index (χ4n) is 3.50. The van der Waals surface area contributed by atoms with Gasteiger partial charge in [-0.05, 0) is 66.7 Å². The summed E-state index contributed by atoms with van der Waals surface area (Å²) in [5, 5.41) is 3.20. The van der Waals surface area contributed by atoms with Gasteiger partial charge in [0.15, 0.2) is 0 Å². The van der Waals surface area contributed by atoms with Crippen LogP contribution < -0.4 is 19.5 Å². The van der Waals surface area contributed by atoms with Crippen molar-refractivity contribution in [3.05, 3.63) is 112 Å². The number of carbonyl (C=O) groups is 1. The predicted molar refractivity (Wildman–Crippen MR) is 144 cm³/mol. The number of hydrogen-bond acceptors (Lipinski definition) is 5. The van der Waals surface area contributed by atoms with Crippen LogP contribution in [0.4, 0.5) is 10.1 Å². The molecule has 0 aromatic heterocycles. The van der Waals surface area contributed by atoms with E-state index in [1.165, 1.54) is 61.7 Å². The van der Waals surface area contributed by atoms with Crippen molar-refractivity contribution in [2.24, 2.45) is 0 Å². The van der Waals surface area contributed by atoms with E-state index in [0.717, 1.165) is 0 Å². The summed E-state index contributed by atoms with van der Waals surface area (Å²) < 4.78 is 53.7. The van der Waals surface area contributed by atoms with Crippen LogP contribution in [0.3, 0.4) is 0 Å². The van der Waals surface area contributed by atoms with E-state index in [2.05, 4.69) is 10.0 Å². The summed E-state index contributed by atoms with van der Waals surface area (Å²) in [5.74, 6) is -0.156. The van der Waals surface area contributed by atoms with Crippen LogP contribution in [0.2, 0.25) is 10.0 Å². The summed E-state index contributed by atoms with van der Waals surface area (Å²) in [6, 6.07) is 21.0. The van der Waals surface area contributed by atoms with Crippen LogP contribution in [-0.2, 0) is 16.6 Å². The smallest absolute Gasteiger partial charge is 0.261 e. The average molecular weight is 575 g/mol. The summed E-state index contributed by atoms with van der Waals surface area (Å²) in [5.41, 5.74) is 0.0884. The Balaban J connectivity index is 1.52. The molecule has 0 spiro atoms. The van der Waals surface area contributed by atoms with Gasteiger partial charge >= 0.3 is 0 Å². The molecule has 0 saturated carbocycles. The standard InChI is InChI=1S/C27H21Cl2FN2O5S/c1-36-25-8-4-6-23(30)21(25)16-31-27(33)20-15-17(28)9-14-24(20)32-38(34,35)19-12-10-18(11-13-19)37-26-7-3-2-5-22(26)29/h2-15,32H,16H2,1H3,(H,31,33). The van der Waals surface area contributed by atoms with E-state index < -0.39 is 21.7 Å². The first kappa shape index (κ1) is 27.3. The van der Waals surface area contributed by atoms with Crippen LogP contribution in [0.5, 0.6) is 17.2 Å². The maximum Gasteiger partial charge on any atom is 0.261 e. The number of sulfonamides is 1. The molecule has 0 radical (unpaired) electrons. The lowest BCUT2D eigenvalue weighted by atomic mass is 10.1. The van der Waals surface area contributed by atoms with Crippen LogP contribution in [0.1, 0.15) is 15.9 Å². The Hall–Kier alpha value is -3.79. The molecule has 1 amide bonds. The van der Waals surface area contributed by atoms with Crippen molar-refractivity contribution < 1.29 is 27.1 Å². The Labute approximate surface area is 229 Å². The number of benzene rings is 4. The van der Waals surface area contributed by atoms with Crippen LogP contribution in [0.25, 0.3) is 0 Å². The van der Waals surface area contributed by atoms with Gasteiger partial charge in [0.05, 0.1) is 28.3 Å². The lowest BCUT2D eigenvalue weighted by Crippen LogP contribution is -2.25. The maximum atomic E-state index is 14.3. The molecule has 196 valence electrons. The zero-order valence-corrected chi connectivity index (χ0v) is 22.2. The molecular formula is C27H21Cl2FN2O5S. The molecule has 0 fully saturated rings. The third kappa shape index (κ3) is 6.36. The molecule has 0 aliphatic carbocycles. The molecule has 38 heavy (non-hydrogen) atoms. The second-order valence-corrected chi connectivity index (χ2v) is 10.4. The predicted octanol–water partition coefficient (Wildman–Crippen LogP) is 6.66. The van der Waals surface area contributed by atoms with Crippen LogP contribution in [0.15, 0.2) is 89.8 Å². The molecule has 11 heteroatoms. The summed E-state index contributed by atoms with van der Waals surface area (Å²) in [4.78, 5) is 12.9. The van der Waals surface area contributed by atoms with Gasteiger partial charge in [0, 0.05) is 17.1 Å². The van der Waals surface area contributed by atoms with Crippen molar-refractivity contribution in [2.75, 3.05) is 11.8 Å². The zero-order valence-electron chi connectivity index (χ0n) is 19.9. The first-order chi connectivity index (χ1) is 18.2. The zero-order chi connectivity index (χ0) is 27.3. The largest absolute Gasteiger partial charge is 0.496 e. The van der Waals surface area contributed by atoms with Gasteiger partial charge in [0.1, 0.15) is 23.1 Å². The Morgan fingerprint density at radius 2 is 1.63 bits per heavy atom. The van der Waals surface area contributed by atoms with E-state index in [1.807, 2.05) is 0 Å². The Morgan fingerprint density at radius 3 is 2.34 bits per heavy atom. The molecule has 0 atom stereocenters. The molecule has 4 aromatic carbocycles. The summed E-state index contributed by atoms with van der Waals surface area (Å²) in [6.07, 6.45) is 0. The molecule has 0 aliphatic rings. The number of rotatable bonds is 9. The molecule has 2 N–H and O–H groups in total. The van der Waals surface area contributed by atoms with Crippen LogP contribution in [0, 0.1) is 5.82 Å². The molecule has 0 saturated heterocycles. The number of halogens is 3. The number of nitrogens with one attached hydrogen (secondary N) is 2. The van der Waals surface area contributed by atoms with E-state index in [0.29, 0.717) is 16.5 Å². The van der Waals surface area contributed by atoms with Crippen molar-refractivity contribution in [1.29, 1.82) is 0 Å². The third-order valence-corrected chi connectivity index (χ3v) is 7.32. The van der Waals surface area contributed by atoms with Gasteiger partial charge in [-0.3, -0.25) is 9.52 Å². The number of methoxy groups -OCH3 is 1. The van der Waals surface area contributed by atoms with Crippen molar-refractivity contribution in [1.82, 2.24) is 5.32 Å². The number of ether oxygens (including phenoxy) is 2. The summed E-state index contributed by atoms with van der Waals surface area (Å²) in [7, 11) is -2.71. The Bertz CT molecular complexity index is 1580. The van der Waals surface area contributed by atoms with E-state index in [1.54, 1.807) is 30.3 Å². The highest BCUT2D eigenvalue weighted by molar-refractivity contribution is 7.92. The average Bonchev–Trinajstić information content (AvgIpc) is 2.90. The van der Waals surface area contributed by atoms with Gasteiger partial charge in [-0.15, -0.1) is 0 Å². The van der Waals surface area contributed by atoms with Crippen LogP contribution in [-0.4, -0.2) is 21.4 Å². The highest BCUT2D eigenvalue weighted by Gasteiger charge is 2.20. The minimum atomic E-state index is -4.10. The fourth-order valence-corrected chi connectivity index (χ4v) is 4.93. The van der Waals surface area contributed by atoms with Crippen molar-refractivity contribution in [3.63, 3.8) is 0 Å². The Kier molecular flexibility index (Phi) is 8.41. The van der Waals surface area contributed by atoms with Crippen molar-refractivity contribution >= 4 is 44.8 Å². The van der Waals surface area contributed by atoms with Gasteiger partial charge in [-0.25, -0.2) is 12.8 Å². The van der Waals surface area contributed by atoms with Gasteiger partial charge in [-0.1, -0.05) is 41.4 Å². The maximum absolute atomic E-state index is 14.3. The lowest BCUT2D eigenvalue weighted by Gasteiger charge is -2.15. The van der Waals surface area contributed by atoms with Crippen LogP contribution >= 0.6 is 23.2 Å². The molecule has 0 heterocycles. The molecule has 0 bridgehead atoms. The fraction of sp³-hybridized carbons (Fsp3) is 0.0741. The van der Waals surface area contributed by atoms with Gasteiger partial charge in [0.25, 0.3) is 15.9 Å². The van der Waals surface area contributed by atoms with Gasteiger partial charge in [0.2, 0.25) is 0 Å².